The summed E-state index contributed by atoms with van der Waals surface area (Å²) in [4.78, 5) is 0. The normalized spacial score (nSPS) is 15.9. The molecule has 0 nitrogen and oxygen atoms in total. The maximum absolute atomic E-state index is 3.90. The first-order chi connectivity index (χ1) is 9.88. The number of allylic oxidation sites excluding steroid dienone is 2. The lowest BCUT2D eigenvalue weighted by atomic mass is 9.95. The van der Waals surface area contributed by atoms with Gasteiger partial charge in [-0.2, -0.15) is 0 Å². The number of rotatable bonds is 4. The van der Waals surface area contributed by atoms with Gasteiger partial charge in [0, 0.05) is 6.42 Å². The molecule has 106 valence electrons. The van der Waals surface area contributed by atoms with Gasteiger partial charge in [-0.25, -0.2) is 0 Å². The van der Waals surface area contributed by atoms with Gasteiger partial charge in [0.25, 0.3) is 0 Å². The molecule has 2 rings (SSSR count). The highest BCUT2D eigenvalue weighted by Crippen LogP contribution is 2.22. The summed E-state index contributed by atoms with van der Waals surface area (Å²) in [5.41, 5.74) is 8.04. The molecule has 1 saturated carbocycles. The Morgan fingerprint density at radius 1 is 1.00 bits per heavy atom. The highest BCUT2D eigenvalue weighted by molar-refractivity contribution is 5.24. The van der Waals surface area contributed by atoms with Crippen LogP contribution in [0.5, 0.6) is 0 Å². The third-order valence-corrected chi connectivity index (χ3v) is 3.96. The van der Waals surface area contributed by atoms with Gasteiger partial charge < -0.3 is 0 Å². The Bertz CT molecular complexity index is 462. The Hall–Kier alpha value is -1.52. The minimum atomic E-state index is 0.957. The summed E-state index contributed by atoms with van der Waals surface area (Å²) in [7, 11) is 0. The molecule has 1 aromatic rings. The van der Waals surface area contributed by atoms with Crippen molar-refractivity contribution >= 4 is 0 Å². The molecule has 20 heavy (non-hydrogen) atoms. The largest absolute Gasteiger partial charge is 0.122 e. The van der Waals surface area contributed by atoms with Crippen molar-refractivity contribution in [1.82, 2.24) is 0 Å². The van der Waals surface area contributed by atoms with Crippen molar-refractivity contribution in [3.8, 4) is 0 Å². The standard InChI is InChI=1S/C20H26/c1-2-11-20(17-19-14-9-6-10-15-19)16-18-12-7-4-3-5-8-13-18/h2,6,9-10,14-15H,1,3-5,7-8,11-13,17H2. The van der Waals surface area contributed by atoms with Gasteiger partial charge in [-0.15, -0.1) is 12.3 Å². The molecule has 0 aromatic heterocycles. The molecule has 0 aliphatic heterocycles. The molecule has 0 unspecified atom stereocenters. The Morgan fingerprint density at radius 2 is 1.65 bits per heavy atom. The highest BCUT2D eigenvalue weighted by Gasteiger charge is 2.04. The number of hydrogen-bond acceptors (Lipinski definition) is 0. The fourth-order valence-electron chi connectivity index (χ4n) is 2.89. The van der Waals surface area contributed by atoms with Crippen LogP contribution in [-0.4, -0.2) is 0 Å². The molecule has 0 N–H and O–H groups in total. The van der Waals surface area contributed by atoms with Crippen LogP contribution in [0.1, 0.15) is 56.9 Å². The van der Waals surface area contributed by atoms with Crippen LogP contribution in [0.3, 0.4) is 0 Å². The van der Waals surface area contributed by atoms with E-state index in [4.69, 9.17) is 0 Å². The Labute approximate surface area is 123 Å². The molecule has 0 bridgehead atoms. The quantitative estimate of drug-likeness (QED) is 0.463. The molecule has 0 amide bonds. The molecule has 0 heterocycles. The van der Waals surface area contributed by atoms with Crippen LogP contribution in [0.2, 0.25) is 0 Å². The van der Waals surface area contributed by atoms with Crippen molar-refractivity contribution in [2.45, 2.75) is 57.8 Å². The van der Waals surface area contributed by atoms with E-state index in [1.54, 1.807) is 0 Å². The van der Waals surface area contributed by atoms with E-state index in [0.29, 0.717) is 0 Å². The lowest BCUT2D eigenvalue weighted by Gasteiger charge is -2.11. The van der Waals surface area contributed by atoms with E-state index in [1.165, 1.54) is 61.7 Å². The van der Waals surface area contributed by atoms with Gasteiger partial charge in [0.2, 0.25) is 0 Å². The van der Waals surface area contributed by atoms with E-state index in [9.17, 15) is 0 Å². The van der Waals surface area contributed by atoms with Crippen LogP contribution < -0.4 is 0 Å². The minimum Gasteiger partial charge on any atom is -0.122 e. The van der Waals surface area contributed by atoms with Crippen LogP contribution in [0.15, 0.2) is 59.9 Å². The maximum atomic E-state index is 3.90. The van der Waals surface area contributed by atoms with E-state index in [0.717, 1.165) is 12.8 Å². The van der Waals surface area contributed by atoms with Crippen molar-refractivity contribution in [3.05, 3.63) is 65.4 Å². The summed E-state index contributed by atoms with van der Waals surface area (Å²) in [6, 6.07) is 10.7. The second-order valence-corrected chi connectivity index (χ2v) is 5.76. The van der Waals surface area contributed by atoms with Gasteiger partial charge in [0.05, 0.1) is 0 Å². The predicted molar refractivity (Wildman–Crippen MR) is 87.8 cm³/mol. The second kappa shape index (κ2) is 8.61. The lowest BCUT2D eigenvalue weighted by molar-refractivity contribution is 0.569. The van der Waals surface area contributed by atoms with Gasteiger partial charge in [0.15, 0.2) is 0 Å². The molecule has 1 aliphatic carbocycles. The van der Waals surface area contributed by atoms with Crippen molar-refractivity contribution < 1.29 is 0 Å². The van der Waals surface area contributed by atoms with E-state index < -0.39 is 0 Å². The summed E-state index contributed by atoms with van der Waals surface area (Å²) >= 11 is 0. The zero-order chi connectivity index (χ0) is 14.0. The lowest BCUT2D eigenvalue weighted by Crippen LogP contribution is -1.93. The molecule has 0 saturated heterocycles. The van der Waals surface area contributed by atoms with Crippen molar-refractivity contribution in [3.63, 3.8) is 0 Å². The molecule has 0 heteroatoms. The van der Waals surface area contributed by atoms with Crippen LogP contribution in [0.4, 0.5) is 0 Å². The van der Waals surface area contributed by atoms with Gasteiger partial charge >= 0.3 is 0 Å². The third kappa shape index (κ3) is 5.23. The van der Waals surface area contributed by atoms with Gasteiger partial charge in [-0.1, -0.05) is 55.7 Å². The average molecular weight is 266 g/mol. The van der Waals surface area contributed by atoms with Crippen molar-refractivity contribution in [2.75, 3.05) is 0 Å². The molecule has 0 spiro atoms. The molecule has 0 atom stereocenters. The Morgan fingerprint density at radius 3 is 2.30 bits per heavy atom. The molecular formula is C20H26. The smallest absolute Gasteiger partial charge is 0.00123 e. The highest BCUT2D eigenvalue weighted by atomic mass is 14.1. The fraction of sp³-hybridized carbons (Fsp3) is 0.450. The van der Waals surface area contributed by atoms with Gasteiger partial charge in [-0.05, 0) is 48.8 Å². The van der Waals surface area contributed by atoms with Crippen LogP contribution in [-0.2, 0) is 6.42 Å². The monoisotopic (exact) mass is 266 g/mol. The Kier molecular flexibility index (Phi) is 6.41. The summed E-state index contributed by atoms with van der Waals surface area (Å²) in [5.74, 6) is 0. The van der Waals surface area contributed by atoms with Crippen LogP contribution >= 0.6 is 0 Å². The molecule has 1 aliphatic rings. The summed E-state index contributed by atoms with van der Waals surface area (Å²) < 4.78 is 0. The van der Waals surface area contributed by atoms with E-state index in [1.807, 2.05) is 6.08 Å². The van der Waals surface area contributed by atoms with E-state index in [2.05, 4.69) is 42.6 Å². The van der Waals surface area contributed by atoms with Crippen LogP contribution in [0.25, 0.3) is 0 Å². The summed E-state index contributed by atoms with van der Waals surface area (Å²) in [5, 5.41) is 0. The topological polar surface area (TPSA) is 0 Å². The number of benzene rings is 1. The third-order valence-electron chi connectivity index (χ3n) is 3.96. The SMILES string of the molecule is C=CCC(=C=C1CCCCCCC1)Cc1ccccc1. The Balaban J connectivity index is 2.16. The molecule has 1 fully saturated rings. The van der Waals surface area contributed by atoms with Gasteiger partial charge in [-0.3, -0.25) is 0 Å². The van der Waals surface area contributed by atoms with E-state index in [-0.39, 0.29) is 0 Å². The minimum absolute atomic E-state index is 0.957. The molecular weight excluding hydrogens is 240 g/mol. The zero-order valence-corrected chi connectivity index (χ0v) is 12.5. The first-order valence-electron chi connectivity index (χ1n) is 7.99. The van der Waals surface area contributed by atoms with E-state index >= 15 is 0 Å². The molecule has 1 aromatic carbocycles. The average Bonchev–Trinajstić information content (AvgIpc) is 2.43. The first kappa shape index (κ1) is 14.9. The second-order valence-electron chi connectivity index (χ2n) is 5.76. The fourth-order valence-corrected chi connectivity index (χ4v) is 2.89. The predicted octanol–water partition coefficient (Wildman–Crippen LogP) is 6.00. The van der Waals surface area contributed by atoms with Crippen LogP contribution in [0, 0.1) is 0 Å². The zero-order valence-electron chi connectivity index (χ0n) is 12.5. The van der Waals surface area contributed by atoms with Gasteiger partial charge in [0.1, 0.15) is 0 Å². The van der Waals surface area contributed by atoms with Crippen molar-refractivity contribution in [2.24, 2.45) is 0 Å². The van der Waals surface area contributed by atoms with Crippen molar-refractivity contribution in [1.29, 1.82) is 0 Å². The number of hydrogen-bond donors (Lipinski definition) is 0. The summed E-state index contributed by atoms with van der Waals surface area (Å²) in [6.07, 6.45) is 13.3. The maximum Gasteiger partial charge on any atom is 0.00123 e. The molecule has 0 radical (unpaired) electrons. The first-order valence-corrected chi connectivity index (χ1v) is 7.99. The summed E-state index contributed by atoms with van der Waals surface area (Å²) in [6.45, 7) is 3.90.